The number of benzene rings is 2. The summed E-state index contributed by atoms with van der Waals surface area (Å²) in [6.07, 6.45) is 5.47. The Labute approximate surface area is 226 Å². The number of anilines is 1. The molecule has 1 unspecified atom stereocenters. The van der Waals surface area contributed by atoms with Gasteiger partial charge in [-0.15, -0.1) is 0 Å². The molecule has 1 saturated heterocycles. The highest BCUT2D eigenvalue weighted by molar-refractivity contribution is 7.84. The van der Waals surface area contributed by atoms with Crippen molar-refractivity contribution in [3.05, 3.63) is 58.1 Å². The zero-order chi connectivity index (χ0) is 26.1. The molecule has 9 nitrogen and oxygen atoms in total. The number of fused-ring (bicyclic) bond motifs is 2. The van der Waals surface area contributed by atoms with E-state index in [0.717, 1.165) is 23.9 Å². The number of carbonyl (C=O) groups excluding carboxylic acids is 1. The lowest BCUT2D eigenvalue weighted by atomic mass is 10.1. The van der Waals surface area contributed by atoms with Crippen LogP contribution in [-0.2, 0) is 10.8 Å². The average molecular weight is 561 g/mol. The molecule has 3 heterocycles. The van der Waals surface area contributed by atoms with Gasteiger partial charge in [-0.05, 0) is 49.6 Å². The number of likely N-dealkylation sites (tertiary alicyclic amines) is 1. The smallest absolute Gasteiger partial charge is 0.255 e. The molecule has 0 aliphatic carbocycles. The van der Waals surface area contributed by atoms with Crippen molar-refractivity contribution in [1.82, 2.24) is 24.8 Å². The van der Waals surface area contributed by atoms with E-state index in [-0.39, 0.29) is 18.0 Å². The molecule has 2 aromatic heterocycles. The molecule has 12 heteroatoms. The maximum Gasteiger partial charge on any atom is 0.255 e. The molecule has 1 amide bonds. The van der Waals surface area contributed by atoms with Gasteiger partial charge in [-0.1, -0.05) is 23.2 Å². The number of hydrogen-bond donors (Lipinski definition) is 3. The van der Waals surface area contributed by atoms with Crippen LogP contribution < -0.4 is 11.1 Å². The number of amides is 1. The fraction of sp³-hybridized carbons (Fsp3) is 0.360. The van der Waals surface area contributed by atoms with Gasteiger partial charge in [0, 0.05) is 52.3 Å². The Kier molecular flexibility index (Phi) is 7.62. The number of nitrogens with zero attached hydrogens (tertiary/aromatic N) is 4. The van der Waals surface area contributed by atoms with Crippen molar-refractivity contribution in [3.63, 3.8) is 0 Å². The second kappa shape index (κ2) is 10.9. The highest BCUT2D eigenvalue weighted by Crippen LogP contribution is 2.32. The van der Waals surface area contributed by atoms with Crippen LogP contribution in [0, 0.1) is 0 Å². The first kappa shape index (κ1) is 25.8. The van der Waals surface area contributed by atoms with Gasteiger partial charge < -0.3 is 20.9 Å². The number of hydrogen-bond acceptors (Lipinski definition) is 7. The van der Waals surface area contributed by atoms with Gasteiger partial charge in [0.1, 0.15) is 18.0 Å². The van der Waals surface area contributed by atoms with Crippen molar-refractivity contribution in [2.75, 3.05) is 30.4 Å². The van der Waals surface area contributed by atoms with E-state index in [1.807, 2.05) is 12.1 Å². The molecule has 5 rings (SSSR count). The molecule has 0 bridgehead atoms. The van der Waals surface area contributed by atoms with Gasteiger partial charge in [-0.3, -0.25) is 9.00 Å². The molecule has 1 aliphatic rings. The first-order valence-electron chi connectivity index (χ1n) is 12.0. The number of aromatic amines is 1. The topological polar surface area (TPSA) is 130 Å². The fourth-order valence-corrected chi connectivity index (χ4v) is 5.74. The van der Waals surface area contributed by atoms with Crippen LogP contribution in [0.15, 0.2) is 36.7 Å². The van der Waals surface area contributed by atoms with Crippen molar-refractivity contribution in [2.24, 2.45) is 5.73 Å². The normalized spacial score (nSPS) is 17.4. The SMILES string of the molecule is CS(=O)CC[C@H](Nc1ncnc2cc(C(=O)N3CCC[C@@H]3CN)c(Cl)cc12)c1nc2ccc(Cl)cc2[nH]1. The lowest BCUT2D eigenvalue weighted by Gasteiger charge is -2.24. The van der Waals surface area contributed by atoms with Gasteiger partial charge in [0.15, 0.2) is 0 Å². The standard InChI is InChI=1S/C25H27Cl2N7O2S/c1-37(36)8-6-20(24-31-19-5-4-14(26)9-22(19)33-24)32-23-17-10-18(27)16(11-21(17)29-13-30-23)25(35)34-7-2-3-15(34)12-28/h4-5,9-11,13,15,20H,2-3,6-8,12,28H2,1H3,(H,31,33)(H,29,30,32)/t15-,20+,37?/m1/s1. The van der Waals surface area contributed by atoms with E-state index >= 15 is 0 Å². The second-order valence-electron chi connectivity index (χ2n) is 9.15. The Morgan fingerprint density at radius 1 is 1.27 bits per heavy atom. The summed E-state index contributed by atoms with van der Waals surface area (Å²) < 4.78 is 11.9. The number of aromatic nitrogens is 4. The summed E-state index contributed by atoms with van der Waals surface area (Å²) in [5, 5.41) is 5.03. The van der Waals surface area contributed by atoms with Crippen LogP contribution in [0.4, 0.5) is 5.82 Å². The summed E-state index contributed by atoms with van der Waals surface area (Å²) in [5.74, 6) is 1.54. The molecule has 0 saturated carbocycles. The third-order valence-corrected chi connectivity index (χ3v) is 8.02. The summed E-state index contributed by atoms with van der Waals surface area (Å²) in [5.41, 5.74) is 8.44. The molecule has 1 aliphatic heterocycles. The molecular formula is C25H27Cl2N7O2S. The average Bonchev–Trinajstić information content (AvgIpc) is 3.52. The fourth-order valence-electron chi connectivity index (χ4n) is 4.75. The van der Waals surface area contributed by atoms with E-state index in [0.29, 0.717) is 63.4 Å². The summed E-state index contributed by atoms with van der Waals surface area (Å²) in [6, 6.07) is 8.57. The van der Waals surface area contributed by atoms with Crippen LogP contribution in [0.3, 0.4) is 0 Å². The van der Waals surface area contributed by atoms with E-state index in [9.17, 15) is 9.00 Å². The van der Waals surface area contributed by atoms with Crippen molar-refractivity contribution in [3.8, 4) is 0 Å². The molecule has 2 aromatic carbocycles. The molecule has 0 radical (unpaired) electrons. The third-order valence-electron chi connectivity index (χ3n) is 6.66. The molecule has 1 fully saturated rings. The summed E-state index contributed by atoms with van der Waals surface area (Å²) >= 11 is 12.8. The Balaban J connectivity index is 1.49. The van der Waals surface area contributed by atoms with Gasteiger partial charge in [0.25, 0.3) is 5.91 Å². The van der Waals surface area contributed by atoms with Gasteiger partial charge in [0.05, 0.1) is 33.2 Å². The van der Waals surface area contributed by atoms with Gasteiger partial charge in [0.2, 0.25) is 0 Å². The Hall–Kier alpha value is -2.79. The van der Waals surface area contributed by atoms with Gasteiger partial charge >= 0.3 is 0 Å². The maximum absolute atomic E-state index is 13.3. The molecule has 37 heavy (non-hydrogen) atoms. The van der Waals surface area contributed by atoms with Crippen LogP contribution in [0.25, 0.3) is 21.9 Å². The largest absolute Gasteiger partial charge is 0.359 e. The predicted octanol–water partition coefficient (Wildman–Crippen LogP) is 4.30. The van der Waals surface area contributed by atoms with Crippen molar-refractivity contribution >= 4 is 67.7 Å². The summed E-state index contributed by atoms with van der Waals surface area (Å²) in [6.45, 7) is 1.08. The number of carbonyl (C=O) groups is 1. The van der Waals surface area contributed by atoms with Crippen LogP contribution >= 0.6 is 23.2 Å². The second-order valence-corrected chi connectivity index (χ2v) is 11.5. The lowest BCUT2D eigenvalue weighted by molar-refractivity contribution is 0.0741. The van der Waals surface area contributed by atoms with E-state index in [2.05, 4.69) is 20.3 Å². The number of nitrogens with two attached hydrogens (primary N) is 1. The third kappa shape index (κ3) is 5.43. The van der Waals surface area contributed by atoms with E-state index in [4.69, 9.17) is 33.9 Å². The van der Waals surface area contributed by atoms with Crippen LogP contribution in [0.2, 0.25) is 10.0 Å². The Bertz CT molecular complexity index is 1490. The molecule has 3 atom stereocenters. The van der Waals surface area contributed by atoms with E-state index < -0.39 is 10.8 Å². The van der Waals surface area contributed by atoms with Crippen LogP contribution in [0.1, 0.15) is 41.5 Å². The Morgan fingerprint density at radius 3 is 2.89 bits per heavy atom. The minimum absolute atomic E-state index is 0.0189. The van der Waals surface area contributed by atoms with E-state index in [1.54, 1.807) is 29.4 Å². The molecule has 4 aromatic rings. The van der Waals surface area contributed by atoms with E-state index in [1.165, 1.54) is 6.33 Å². The summed E-state index contributed by atoms with van der Waals surface area (Å²) in [7, 11) is -0.992. The van der Waals surface area contributed by atoms with Crippen molar-refractivity contribution in [1.29, 1.82) is 0 Å². The predicted molar refractivity (Wildman–Crippen MR) is 149 cm³/mol. The number of rotatable bonds is 8. The quantitative estimate of drug-likeness (QED) is 0.293. The Morgan fingerprint density at radius 2 is 2.11 bits per heavy atom. The molecular weight excluding hydrogens is 533 g/mol. The summed E-state index contributed by atoms with van der Waals surface area (Å²) in [4.78, 5) is 31.9. The van der Waals surface area contributed by atoms with Crippen LogP contribution in [-0.4, -0.2) is 66.1 Å². The first-order valence-corrected chi connectivity index (χ1v) is 14.5. The first-order chi connectivity index (χ1) is 17.8. The minimum Gasteiger partial charge on any atom is -0.359 e. The highest BCUT2D eigenvalue weighted by atomic mass is 35.5. The molecule has 194 valence electrons. The molecule has 4 N–H and O–H groups in total. The lowest BCUT2D eigenvalue weighted by Crippen LogP contribution is -2.40. The number of nitrogens with one attached hydrogen (secondary N) is 2. The van der Waals surface area contributed by atoms with Gasteiger partial charge in [-0.2, -0.15) is 0 Å². The van der Waals surface area contributed by atoms with Crippen molar-refractivity contribution < 1.29 is 9.00 Å². The number of H-pyrrole nitrogens is 1. The zero-order valence-corrected chi connectivity index (χ0v) is 22.5. The molecule has 0 spiro atoms. The zero-order valence-electron chi connectivity index (χ0n) is 20.2. The van der Waals surface area contributed by atoms with Crippen molar-refractivity contribution in [2.45, 2.75) is 31.3 Å². The number of imidazole rings is 1. The monoisotopic (exact) mass is 559 g/mol. The number of halogens is 2. The van der Waals surface area contributed by atoms with Gasteiger partial charge in [-0.25, -0.2) is 15.0 Å². The highest BCUT2D eigenvalue weighted by Gasteiger charge is 2.30. The minimum atomic E-state index is -0.992. The van der Waals surface area contributed by atoms with Crippen LogP contribution in [0.5, 0.6) is 0 Å². The maximum atomic E-state index is 13.3.